The van der Waals surface area contributed by atoms with Gasteiger partial charge >= 0.3 is 0 Å². The van der Waals surface area contributed by atoms with Crippen LogP contribution in [0.25, 0.3) is 0 Å². The molecule has 1 fully saturated rings. The minimum Gasteiger partial charge on any atom is -0.394 e. The number of ether oxygens (including phenoxy) is 1. The molecule has 0 spiro atoms. The van der Waals surface area contributed by atoms with Crippen molar-refractivity contribution < 1.29 is 23.1 Å². The molecule has 0 radical (unpaired) electrons. The maximum absolute atomic E-state index is 12.9. The molecule has 2 aromatic rings. The van der Waals surface area contributed by atoms with Gasteiger partial charge in [-0.05, 0) is 49.8 Å². The number of rotatable bonds is 8. The van der Waals surface area contributed by atoms with Crippen LogP contribution >= 0.6 is 0 Å². The van der Waals surface area contributed by atoms with E-state index in [4.69, 9.17) is 4.74 Å². The zero-order valence-electron chi connectivity index (χ0n) is 20.0. The largest absolute Gasteiger partial charge is 0.394 e. The van der Waals surface area contributed by atoms with E-state index in [0.717, 1.165) is 37.9 Å². The molecule has 2 aromatic carbocycles. The average Bonchev–Trinajstić information content (AvgIpc) is 2.86. The third-order valence-corrected chi connectivity index (χ3v) is 8.27. The second-order valence-electron chi connectivity index (χ2n) is 9.46. The quantitative estimate of drug-likeness (QED) is 0.546. The molecule has 2 heterocycles. The van der Waals surface area contributed by atoms with Gasteiger partial charge in [-0.2, -0.15) is 0 Å². The Labute approximate surface area is 207 Å². The summed E-state index contributed by atoms with van der Waals surface area (Å²) in [6.45, 7) is 2.99. The summed E-state index contributed by atoms with van der Waals surface area (Å²) in [5, 5.41) is 9.83. The number of benzene rings is 2. The molecule has 35 heavy (non-hydrogen) atoms. The van der Waals surface area contributed by atoms with Gasteiger partial charge in [0.15, 0.2) is 0 Å². The fraction of sp³-hybridized carbons (Fsp3) is 0.444. The van der Waals surface area contributed by atoms with Crippen LogP contribution in [-0.4, -0.2) is 62.3 Å². The Kier molecular flexibility index (Phi) is 8.38. The van der Waals surface area contributed by atoms with E-state index in [-0.39, 0.29) is 23.8 Å². The van der Waals surface area contributed by atoms with Crippen molar-refractivity contribution in [3.63, 3.8) is 0 Å². The van der Waals surface area contributed by atoms with Crippen molar-refractivity contribution in [2.75, 3.05) is 19.7 Å². The molecule has 2 aliphatic heterocycles. The molecule has 0 unspecified atom stereocenters. The highest BCUT2D eigenvalue weighted by Crippen LogP contribution is 2.24. The van der Waals surface area contributed by atoms with E-state index in [1.807, 2.05) is 17.9 Å². The molecule has 0 aromatic heterocycles. The van der Waals surface area contributed by atoms with Crippen LogP contribution in [0.3, 0.4) is 0 Å². The number of sulfonamides is 1. The zero-order chi connectivity index (χ0) is 24.8. The molecule has 188 valence electrons. The number of hydrogen-bond donors (Lipinski definition) is 2. The SMILES string of the molecule is Cc1ccc(S(=O)(=O)N[C@@H]2C=C[C@@H](CC(=O)N3CCC(Cc4ccccc4)CC3)O[C@H]2CO)cc1. The van der Waals surface area contributed by atoms with Gasteiger partial charge in [0.05, 0.1) is 30.1 Å². The molecular formula is C27H34N2O5S. The number of aryl methyl sites for hydroxylation is 1. The van der Waals surface area contributed by atoms with Gasteiger partial charge in [0, 0.05) is 13.1 Å². The zero-order valence-corrected chi connectivity index (χ0v) is 20.9. The van der Waals surface area contributed by atoms with Gasteiger partial charge < -0.3 is 14.7 Å². The predicted molar refractivity (Wildman–Crippen MR) is 134 cm³/mol. The van der Waals surface area contributed by atoms with Crippen LogP contribution < -0.4 is 4.72 Å². The minimum absolute atomic E-state index is 0.0215. The molecule has 0 aliphatic carbocycles. The fourth-order valence-electron chi connectivity index (χ4n) is 4.71. The molecule has 4 rings (SSSR count). The summed E-state index contributed by atoms with van der Waals surface area (Å²) < 4.78 is 34.0. The number of carbonyl (C=O) groups excluding carboxylic acids is 1. The van der Waals surface area contributed by atoms with Crippen LogP contribution in [0.5, 0.6) is 0 Å². The van der Waals surface area contributed by atoms with E-state index >= 15 is 0 Å². The third kappa shape index (κ3) is 6.79. The summed E-state index contributed by atoms with van der Waals surface area (Å²) in [4.78, 5) is 14.9. The van der Waals surface area contributed by atoms with Crippen LogP contribution in [0.1, 0.15) is 30.4 Å². The minimum atomic E-state index is -3.77. The van der Waals surface area contributed by atoms with E-state index in [2.05, 4.69) is 29.0 Å². The number of hydrogen-bond acceptors (Lipinski definition) is 5. The standard InChI is InChI=1S/C27H34N2O5S/c1-20-7-10-24(11-8-20)35(32,33)28-25-12-9-23(34-26(25)19-30)18-27(31)29-15-13-22(14-16-29)17-21-5-3-2-4-6-21/h2-12,22-23,25-26,28,30H,13-19H2,1H3/t23-,25+,26-/m0/s1. The molecular weight excluding hydrogens is 464 g/mol. The van der Waals surface area contributed by atoms with Crippen molar-refractivity contribution in [1.82, 2.24) is 9.62 Å². The van der Waals surface area contributed by atoms with Gasteiger partial charge in [-0.15, -0.1) is 0 Å². The van der Waals surface area contributed by atoms with E-state index in [9.17, 15) is 18.3 Å². The first kappa shape index (κ1) is 25.6. The number of aliphatic hydroxyl groups excluding tert-OH is 1. The maximum Gasteiger partial charge on any atom is 0.241 e. The van der Waals surface area contributed by atoms with E-state index in [1.54, 1.807) is 36.4 Å². The van der Waals surface area contributed by atoms with Crippen molar-refractivity contribution >= 4 is 15.9 Å². The first-order valence-electron chi connectivity index (χ1n) is 12.2. The van der Waals surface area contributed by atoms with Crippen molar-refractivity contribution in [2.45, 2.75) is 55.8 Å². The smallest absolute Gasteiger partial charge is 0.241 e. The molecule has 3 atom stereocenters. The number of carbonyl (C=O) groups is 1. The number of aliphatic hydroxyl groups is 1. The number of nitrogens with one attached hydrogen (secondary N) is 1. The Morgan fingerprint density at radius 2 is 1.74 bits per heavy atom. The summed E-state index contributed by atoms with van der Waals surface area (Å²) in [6, 6.07) is 16.3. The summed E-state index contributed by atoms with van der Waals surface area (Å²) in [5.41, 5.74) is 2.30. The summed E-state index contributed by atoms with van der Waals surface area (Å²) in [7, 11) is -3.77. The lowest BCUT2D eigenvalue weighted by molar-refractivity contribution is -0.136. The average molecular weight is 499 g/mol. The Hall–Kier alpha value is -2.52. The lowest BCUT2D eigenvalue weighted by Gasteiger charge is -2.35. The first-order valence-corrected chi connectivity index (χ1v) is 13.7. The number of piperidine rings is 1. The summed E-state index contributed by atoms with van der Waals surface area (Å²) in [5.74, 6) is 0.599. The van der Waals surface area contributed by atoms with E-state index in [1.165, 1.54) is 5.56 Å². The van der Waals surface area contributed by atoms with Gasteiger partial charge in [0.2, 0.25) is 15.9 Å². The van der Waals surface area contributed by atoms with Gasteiger partial charge in [0.1, 0.15) is 6.10 Å². The van der Waals surface area contributed by atoms with Crippen LogP contribution in [-0.2, 0) is 26.0 Å². The van der Waals surface area contributed by atoms with E-state index < -0.39 is 28.3 Å². The molecule has 2 aliphatic rings. The normalized spacial score (nSPS) is 23.4. The fourth-order valence-corrected chi connectivity index (χ4v) is 5.93. The van der Waals surface area contributed by atoms with Gasteiger partial charge in [0.25, 0.3) is 0 Å². The maximum atomic E-state index is 12.9. The lowest BCUT2D eigenvalue weighted by Crippen LogP contribution is -2.49. The Morgan fingerprint density at radius 1 is 1.06 bits per heavy atom. The molecule has 8 heteroatoms. The first-order chi connectivity index (χ1) is 16.8. The van der Waals surface area contributed by atoms with Gasteiger partial charge in [-0.1, -0.05) is 60.2 Å². The van der Waals surface area contributed by atoms with Crippen molar-refractivity contribution in [3.8, 4) is 0 Å². The van der Waals surface area contributed by atoms with Gasteiger partial charge in [-0.3, -0.25) is 4.79 Å². The Balaban J connectivity index is 1.29. The van der Waals surface area contributed by atoms with Crippen LogP contribution in [0.4, 0.5) is 0 Å². The molecule has 1 amide bonds. The Bertz CT molecular complexity index is 1110. The second-order valence-corrected chi connectivity index (χ2v) is 11.2. The van der Waals surface area contributed by atoms with Crippen LogP contribution in [0, 0.1) is 12.8 Å². The molecule has 0 bridgehead atoms. The van der Waals surface area contributed by atoms with Gasteiger partial charge in [-0.25, -0.2) is 13.1 Å². The highest BCUT2D eigenvalue weighted by molar-refractivity contribution is 7.89. The molecule has 7 nitrogen and oxygen atoms in total. The van der Waals surface area contributed by atoms with Crippen LogP contribution in [0.15, 0.2) is 71.6 Å². The highest BCUT2D eigenvalue weighted by atomic mass is 32.2. The second kappa shape index (κ2) is 11.5. The summed E-state index contributed by atoms with van der Waals surface area (Å²) >= 11 is 0. The number of likely N-dealkylation sites (tertiary alicyclic amines) is 1. The lowest BCUT2D eigenvalue weighted by atomic mass is 9.90. The van der Waals surface area contributed by atoms with E-state index in [0.29, 0.717) is 5.92 Å². The topological polar surface area (TPSA) is 95.9 Å². The van der Waals surface area contributed by atoms with Crippen molar-refractivity contribution in [2.24, 2.45) is 5.92 Å². The highest BCUT2D eigenvalue weighted by Gasteiger charge is 2.32. The third-order valence-electron chi connectivity index (χ3n) is 6.80. The number of amides is 1. The monoisotopic (exact) mass is 498 g/mol. The van der Waals surface area contributed by atoms with Crippen molar-refractivity contribution in [3.05, 3.63) is 77.9 Å². The predicted octanol–water partition coefficient (Wildman–Crippen LogP) is 2.83. The molecule has 2 N–H and O–H groups in total. The molecule has 1 saturated heterocycles. The number of nitrogens with zero attached hydrogens (tertiary/aromatic N) is 1. The van der Waals surface area contributed by atoms with Crippen molar-refractivity contribution in [1.29, 1.82) is 0 Å². The van der Waals surface area contributed by atoms with Crippen LogP contribution in [0.2, 0.25) is 0 Å². The Morgan fingerprint density at radius 3 is 2.40 bits per heavy atom. The summed E-state index contributed by atoms with van der Waals surface area (Å²) in [6.07, 6.45) is 5.29. The molecule has 0 saturated carbocycles.